The zero-order valence-corrected chi connectivity index (χ0v) is 11.2. The molecular formula is C15H14ClFO2. The third kappa shape index (κ3) is 3.69. The number of halogens is 2. The lowest BCUT2D eigenvalue weighted by molar-refractivity contribution is 0.198. The van der Waals surface area contributed by atoms with E-state index in [2.05, 4.69) is 0 Å². The van der Waals surface area contributed by atoms with Crippen LogP contribution in [0.2, 0.25) is 5.02 Å². The third-order valence-corrected chi connectivity index (χ3v) is 3.10. The topological polar surface area (TPSA) is 29.5 Å². The van der Waals surface area contributed by atoms with Crippen molar-refractivity contribution in [3.63, 3.8) is 0 Å². The van der Waals surface area contributed by atoms with E-state index >= 15 is 0 Å². The molecule has 19 heavy (non-hydrogen) atoms. The Labute approximate surface area is 116 Å². The predicted octanol–water partition coefficient (Wildman–Crippen LogP) is 4.11. The molecule has 1 unspecified atom stereocenters. The van der Waals surface area contributed by atoms with Gasteiger partial charge >= 0.3 is 0 Å². The molecule has 0 amide bonds. The van der Waals surface area contributed by atoms with E-state index in [1.807, 2.05) is 12.1 Å². The molecule has 100 valence electrons. The van der Waals surface area contributed by atoms with Crippen molar-refractivity contribution < 1.29 is 14.2 Å². The molecule has 2 rings (SSSR count). The minimum Gasteiger partial charge on any atom is -0.489 e. The maximum atomic E-state index is 12.9. The Kier molecular flexibility index (Phi) is 4.40. The van der Waals surface area contributed by atoms with E-state index in [-0.39, 0.29) is 12.4 Å². The Hall–Kier alpha value is -1.58. The summed E-state index contributed by atoms with van der Waals surface area (Å²) in [5.74, 6) is 0.267. The van der Waals surface area contributed by atoms with Gasteiger partial charge in [0, 0.05) is 5.56 Å². The summed E-state index contributed by atoms with van der Waals surface area (Å²) in [6.45, 7) is 1.94. The summed E-state index contributed by atoms with van der Waals surface area (Å²) >= 11 is 5.92. The van der Waals surface area contributed by atoms with Crippen LogP contribution < -0.4 is 4.74 Å². The van der Waals surface area contributed by atoms with Gasteiger partial charge in [-0.25, -0.2) is 4.39 Å². The van der Waals surface area contributed by atoms with Gasteiger partial charge < -0.3 is 9.84 Å². The summed E-state index contributed by atoms with van der Waals surface area (Å²) in [6, 6.07) is 11.4. The highest BCUT2D eigenvalue weighted by molar-refractivity contribution is 6.31. The molecule has 2 aromatic rings. The first kappa shape index (κ1) is 13.8. The van der Waals surface area contributed by atoms with Crippen LogP contribution in [0.5, 0.6) is 5.75 Å². The van der Waals surface area contributed by atoms with Gasteiger partial charge in [0.2, 0.25) is 0 Å². The first-order chi connectivity index (χ1) is 9.06. The fraction of sp³-hybridized carbons (Fsp3) is 0.200. The molecule has 0 aliphatic heterocycles. The van der Waals surface area contributed by atoms with E-state index in [9.17, 15) is 9.50 Å². The summed E-state index contributed by atoms with van der Waals surface area (Å²) in [5.41, 5.74) is 1.49. The number of ether oxygens (including phenoxy) is 1. The van der Waals surface area contributed by atoms with Gasteiger partial charge in [0.1, 0.15) is 18.2 Å². The highest BCUT2D eigenvalue weighted by atomic mass is 35.5. The monoisotopic (exact) mass is 280 g/mol. The number of hydrogen-bond donors (Lipinski definition) is 1. The smallest absolute Gasteiger partial charge is 0.124 e. The van der Waals surface area contributed by atoms with Crippen molar-refractivity contribution in [1.29, 1.82) is 0 Å². The van der Waals surface area contributed by atoms with Gasteiger partial charge in [0.05, 0.1) is 11.1 Å². The molecule has 0 heterocycles. The van der Waals surface area contributed by atoms with Crippen LogP contribution >= 0.6 is 11.6 Å². The van der Waals surface area contributed by atoms with Crippen molar-refractivity contribution in [2.45, 2.75) is 19.6 Å². The summed E-state index contributed by atoms with van der Waals surface area (Å²) in [4.78, 5) is 0. The lowest BCUT2D eigenvalue weighted by Gasteiger charge is -2.10. The predicted molar refractivity (Wildman–Crippen MR) is 72.8 cm³/mol. The molecule has 2 aromatic carbocycles. The molecule has 0 spiro atoms. The normalized spacial score (nSPS) is 12.2. The van der Waals surface area contributed by atoms with Crippen LogP contribution in [0.1, 0.15) is 24.2 Å². The summed E-state index contributed by atoms with van der Waals surface area (Å²) in [7, 11) is 0. The molecule has 0 saturated carbocycles. The van der Waals surface area contributed by atoms with Crippen molar-refractivity contribution in [2.24, 2.45) is 0 Å². The van der Waals surface area contributed by atoms with Gasteiger partial charge in [-0.05, 0) is 36.8 Å². The maximum absolute atomic E-state index is 12.9. The van der Waals surface area contributed by atoms with E-state index in [4.69, 9.17) is 16.3 Å². The first-order valence-electron chi connectivity index (χ1n) is 5.91. The van der Waals surface area contributed by atoms with Crippen LogP contribution in [0.3, 0.4) is 0 Å². The van der Waals surface area contributed by atoms with Gasteiger partial charge in [-0.2, -0.15) is 0 Å². The van der Waals surface area contributed by atoms with E-state index in [1.165, 1.54) is 12.1 Å². The highest BCUT2D eigenvalue weighted by Gasteiger charge is 2.05. The van der Waals surface area contributed by atoms with Crippen molar-refractivity contribution in [2.75, 3.05) is 0 Å². The minimum absolute atomic E-state index is 0.252. The third-order valence-electron chi connectivity index (χ3n) is 2.75. The SMILES string of the molecule is CC(O)c1cccc(OCc2ccc(F)cc2Cl)c1. The molecule has 4 heteroatoms. The van der Waals surface area contributed by atoms with Crippen LogP contribution in [0.25, 0.3) is 0 Å². The average Bonchev–Trinajstić information content (AvgIpc) is 2.38. The van der Waals surface area contributed by atoms with Crippen LogP contribution in [0, 0.1) is 5.82 Å². The Morgan fingerprint density at radius 1 is 1.26 bits per heavy atom. The van der Waals surface area contributed by atoms with Gasteiger partial charge in [0.25, 0.3) is 0 Å². The van der Waals surface area contributed by atoms with Crippen molar-refractivity contribution in [3.8, 4) is 5.75 Å². The molecule has 0 aromatic heterocycles. The summed E-state index contributed by atoms with van der Waals surface area (Å²) in [6.07, 6.45) is -0.544. The largest absolute Gasteiger partial charge is 0.489 e. The van der Waals surface area contributed by atoms with Crippen LogP contribution in [0.15, 0.2) is 42.5 Å². The Morgan fingerprint density at radius 2 is 2.05 bits per heavy atom. The molecule has 1 N–H and O–H groups in total. The van der Waals surface area contributed by atoms with E-state index in [0.29, 0.717) is 16.3 Å². The van der Waals surface area contributed by atoms with Gasteiger partial charge in [-0.15, -0.1) is 0 Å². The van der Waals surface area contributed by atoms with Crippen molar-refractivity contribution >= 4 is 11.6 Å². The Bertz CT molecular complexity index is 570. The molecule has 2 nitrogen and oxygen atoms in total. The summed E-state index contributed by atoms with van der Waals surface area (Å²) in [5, 5.41) is 9.83. The number of benzene rings is 2. The second-order valence-corrected chi connectivity index (χ2v) is 4.68. The molecule has 0 saturated heterocycles. The van der Waals surface area contributed by atoms with Crippen molar-refractivity contribution in [3.05, 3.63) is 64.4 Å². The molecular weight excluding hydrogens is 267 g/mol. The number of rotatable bonds is 4. The quantitative estimate of drug-likeness (QED) is 0.913. The Morgan fingerprint density at radius 3 is 2.74 bits per heavy atom. The lowest BCUT2D eigenvalue weighted by Crippen LogP contribution is -1.98. The average molecular weight is 281 g/mol. The molecule has 0 bridgehead atoms. The fourth-order valence-electron chi connectivity index (χ4n) is 1.66. The van der Waals surface area contributed by atoms with Crippen LogP contribution in [-0.2, 0) is 6.61 Å². The van der Waals surface area contributed by atoms with Gasteiger partial charge in [-0.1, -0.05) is 29.8 Å². The fourth-order valence-corrected chi connectivity index (χ4v) is 1.89. The number of aliphatic hydroxyl groups excluding tert-OH is 1. The zero-order valence-electron chi connectivity index (χ0n) is 10.4. The second-order valence-electron chi connectivity index (χ2n) is 4.27. The lowest BCUT2D eigenvalue weighted by atomic mass is 10.1. The minimum atomic E-state index is -0.544. The molecule has 1 atom stereocenters. The van der Waals surface area contributed by atoms with E-state index < -0.39 is 6.10 Å². The first-order valence-corrected chi connectivity index (χ1v) is 6.29. The van der Waals surface area contributed by atoms with Gasteiger partial charge in [0.15, 0.2) is 0 Å². The standard InChI is InChI=1S/C15H14ClFO2/c1-10(18)11-3-2-4-14(7-11)19-9-12-5-6-13(17)8-15(12)16/h2-8,10,18H,9H2,1H3. The molecule has 0 aliphatic carbocycles. The number of hydrogen-bond acceptors (Lipinski definition) is 2. The second kappa shape index (κ2) is 6.04. The van der Waals surface area contributed by atoms with Crippen LogP contribution in [0.4, 0.5) is 4.39 Å². The van der Waals surface area contributed by atoms with E-state index in [0.717, 1.165) is 5.56 Å². The van der Waals surface area contributed by atoms with Crippen LogP contribution in [-0.4, -0.2) is 5.11 Å². The van der Waals surface area contributed by atoms with Gasteiger partial charge in [-0.3, -0.25) is 0 Å². The molecule has 0 aliphatic rings. The van der Waals surface area contributed by atoms with E-state index in [1.54, 1.807) is 25.1 Å². The molecule has 0 radical (unpaired) electrons. The molecule has 0 fully saturated rings. The summed E-state index contributed by atoms with van der Waals surface area (Å²) < 4.78 is 18.5. The Balaban J connectivity index is 2.08. The maximum Gasteiger partial charge on any atom is 0.124 e. The number of aliphatic hydroxyl groups is 1. The zero-order chi connectivity index (χ0) is 13.8. The van der Waals surface area contributed by atoms with Crippen molar-refractivity contribution in [1.82, 2.24) is 0 Å². The highest BCUT2D eigenvalue weighted by Crippen LogP contribution is 2.22.